The van der Waals surface area contributed by atoms with Gasteiger partial charge in [0.05, 0.1) is 11.4 Å². The number of Topliss-reactive ketones (excluding diaryl/α,β-unsaturated/α-hetero) is 1. The summed E-state index contributed by atoms with van der Waals surface area (Å²) in [5.41, 5.74) is 2.07. The van der Waals surface area contributed by atoms with Crippen LogP contribution in [0.15, 0.2) is 126 Å². The van der Waals surface area contributed by atoms with Gasteiger partial charge in [-0.1, -0.05) is 103 Å². The van der Waals surface area contributed by atoms with Gasteiger partial charge in [0, 0.05) is 17.2 Å². The molecule has 1 aliphatic rings. The average molecular weight is 475 g/mol. The molecular weight excluding hydrogens is 444 g/mol. The Morgan fingerprint density at radius 1 is 0.722 bits per heavy atom. The molecule has 2 atom stereocenters. The number of hydrazone groups is 1. The lowest BCUT2D eigenvalue weighted by atomic mass is 9.69. The van der Waals surface area contributed by atoms with Gasteiger partial charge in [-0.2, -0.15) is 5.10 Å². The highest BCUT2D eigenvalue weighted by Gasteiger charge is 2.48. The number of carbonyl (C=O) groups is 1. The summed E-state index contributed by atoms with van der Waals surface area (Å²) in [5, 5.41) is 19.5. The summed E-state index contributed by atoms with van der Waals surface area (Å²) in [4.78, 5) is 14.0. The van der Waals surface area contributed by atoms with Crippen LogP contribution in [0, 0.1) is 5.92 Å². The first-order chi connectivity index (χ1) is 17.7. The fourth-order valence-electron chi connectivity index (χ4n) is 5.09. The Bertz CT molecular complexity index is 1270. The van der Waals surface area contributed by atoms with E-state index >= 15 is 0 Å². The SMILES string of the molecule is O=C(c1ccccc1)[C@@](O)(c1ccccc1)[C@@H]1CCCC/C1=N/N(c1ccccc1)c1ccccc1. The molecule has 4 nitrogen and oxygen atoms in total. The highest BCUT2D eigenvalue weighted by molar-refractivity contribution is 6.07. The number of hydrogen-bond donors (Lipinski definition) is 1. The average Bonchev–Trinajstić information content (AvgIpc) is 2.97. The fraction of sp³-hybridized carbons (Fsp3) is 0.188. The lowest BCUT2D eigenvalue weighted by molar-refractivity contribution is 0.00612. The Morgan fingerprint density at radius 3 is 1.78 bits per heavy atom. The summed E-state index contributed by atoms with van der Waals surface area (Å²) in [6, 6.07) is 38.4. The molecule has 36 heavy (non-hydrogen) atoms. The van der Waals surface area contributed by atoms with Crippen LogP contribution in [0.2, 0.25) is 0 Å². The molecule has 0 aliphatic heterocycles. The molecule has 1 aliphatic carbocycles. The smallest absolute Gasteiger partial charge is 0.199 e. The zero-order chi connectivity index (χ0) is 24.8. The highest BCUT2D eigenvalue weighted by atomic mass is 16.3. The number of benzene rings is 4. The van der Waals surface area contributed by atoms with E-state index in [1.807, 2.05) is 114 Å². The summed E-state index contributed by atoms with van der Waals surface area (Å²) >= 11 is 0. The van der Waals surface area contributed by atoms with E-state index in [9.17, 15) is 9.90 Å². The van der Waals surface area contributed by atoms with Gasteiger partial charge in [0.15, 0.2) is 11.4 Å². The number of nitrogens with zero attached hydrogens (tertiary/aromatic N) is 2. The van der Waals surface area contributed by atoms with Gasteiger partial charge in [-0.3, -0.25) is 4.79 Å². The third-order valence-electron chi connectivity index (χ3n) is 6.91. The summed E-state index contributed by atoms with van der Waals surface area (Å²) in [6.07, 6.45) is 3.30. The van der Waals surface area contributed by atoms with Gasteiger partial charge in [0.2, 0.25) is 0 Å². The number of anilines is 2. The van der Waals surface area contributed by atoms with Crippen molar-refractivity contribution < 1.29 is 9.90 Å². The van der Waals surface area contributed by atoms with Crippen molar-refractivity contribution in [1.29, 1.82) is 0 Å². The first-order valence-corrected chi connectivity index (χ1v) is 12.5. The Labute approximate surface area is 212 Å². The van der Waals surface area contributed by atoms with Crippen molar-refractivity contribution in [3.63, 3.8) is 0 Å². The van der Waals surface area contributed by atoms with Crippen LogP contribution >= 0.6 is 0 Å². The van der Waals surface area contributed by atoms with Crippen molar-refractivity contribution in [3.8, 4) is 0 Å². The molecule has 0 bridgehead atoms. The second-order valence-electron chi connectivity index (χ2n) is 9.20. The maximum absolute atomic E-state index is 14.0. The number of carbonyl (C=O) groups excluding carboxylic acids is 1. The number of rotatable bonds is 7. The second kappa shape index (κ2) is 10.7. The monoisotopic (exact) mass is 474 g/mol. The van der Waals surface area contributed by atoms with Crippen LogP contribution < -0.4 is 5.01 Å². The topological polar surface area (TPSA) is 52.9 Å². The predicted octanol–water partition coefficient (Wildman–Crippen LogP) is 7.14. The third-order valence-corrected chi connectivity index (χ3v) is 6.91. The molecule has 0 unspecified atom stereocenters. The number of ketones is 1. The van der Waals surface area contributed by atoms with Gasteiger partial charge in [-0.05, 0) is 49.1 Å². The molecule has 0 heterocycles. The van der Waals surface area contributed by atoms with Gasteiger partial charge >= 0.3 is 0 Å². The van der Waals surface area contributed by atoms with E-state index in [0.29, 0.717) is 17.5 Å². The maximum atomic E-state index is 14.0. The molecule has 0 radical (unpaired) electrons. The molecule has 1 N–H and O–H groups in total. The van der Waals surface area contributed by atoms with Crippen molar-refractivity contribution in [1.82, 2.24) is 0 Å². The standard InChI is InChI=1S/C32H30N2O2/c35-31(25-15-5-1-6-16-25)32(36,26-17-7-2-8-18-26)29-23-13-14-24-30(29)33-34(27-19-9-3-10-20-27)28-21-11-4-12-22-28/h1-12,15-22,29,36H,13-14,23-24H2/b33-30-/t29-,32-/m1/s1. The minimum atomic E-state index is -1.72. The van der Waals surface area contributed by atoms with Crippen molar-refractivity contribution >= 4 is 22.9 Å². The summed E-state index contributed by atoms with van der Waals surface area (Å²) in [5.74, 6) is -0.740. The summed E-state index contributed by atoms with van der Waals surface area (Å²) in [7, 11) is 0. The Kier molecular flexibility index (Phi) is 7.06. The van der Waals surface area contributed by atoms with Crippen LogP contribution in [0.1, 0.15) is 41.6 Å². The zero-order valence-corrected chi connectivity index (χ0v) is 20.2. The van der Waals surface area contributed by atoms with Crippen LogP contribution in [-0.4, -0.2) is 16.6 Å². The Morgan fingerprint density at radius 2 is 1.22 bits per heavy atom. The minimum absolute atomic E-state index is 0.292. The zero-order valence-electron chi connectivity index (χ0n) is 20.2. The molecule has 0 aromatic heterocycles. The predicted molar refractivity (Wildman–Crippen MR) is 146 cm³/mol. The van der Waals surface area contributed by atoms with E-state index in [-0.39, 0.29) is 5.78 Å². The number of hydrogen-bond acceptors (Lipinski definition) is 4. The molecule has 180 valence electrons. The molecule has 5 rings (SSSR count). The third kappa shape index (κ3) is 4.73. The van der Waals surface area contributed by atoms with Crippen LogP contribution in [0.5, 0.6) is 0 Å². The molecule has 0 spiro atoms. The molecule has 4 aromatic rings. The fourth-order valence-corrected chi connectivity index (χ4v) is 5.09. The van der Waals surface area contributed by atoms with Crippen LogP contribution in [-0.2, 0) is 5.60 Å². The molecular formula is C32H30N2O2. The van der Waals surface area contributed by atoms with Crippen molar-refractivity contribution in [2.75, 3.05) is 5.01 Å². The summed E-state index contributed by atoms with van der Waals surface area (Å²) < 4.78 is 0. The van der Waals surface area contributed by atoms with E-state index < -0.39 is 11.5 Å². The highest BCUT2D eigenvalue weighted by Crippen LogP contribution is 2.41. The van der Waals surface area contributed by atoms with Gasteiger partial charge in [0.1, 0.15) is 0 Å². The first-order valence-electron chi connectivity index (χ1n) is 12.5. The lowest BCUT2D eigenvalue weighted by Gasteiger charge is -2.39. The number of aliphatic hydroxyl groups is 1. The van der Waals surface area contributed by atoms with Crippen LogP contribution in [0.25, 0.3) is 0 Å². The first kappa shape index (κ1) is 23.7. The van der Waals surface area contributed by atoms with Gasteiger partial charge in [-0.15, -0.1) is 0 Å². The second-order valence-corrected chi connectivity index (χ2v) is 9.20. The van der Waals surface area contributed by atoms with Gasteiger partial charge < -0.3 is 5.11 Å². The molecule has 4 aromatic carbocycles. The van der Waals surface area contributed by atoms with Crippen LogP contribution in [0.3, 0.4) is 0 Å². The quantitative estimate of drug-likeness (QED) is 0.229. The van der Waals surface area contributed by atoms with Gasteiger partial charge in [0.25, 0.3) is 0 Å². The van der Waals surface area contributed by atoms with Crippen molar-refractivity contribution in [3.05, 3.63) is 132 Å². The van der Waals surface area contributed by atoms with Crippen molar-refractivity contribution in [2.24, 2.45) is 11.0 Å². The molecule has 4 heteroatoms. The van der Waals surface area contributed by atoms with E-state index in [4.69, 9.17) is 5.10 Å². The lowest BCUT2D eigenvalue weighted by Crippen LogP contribution is -2.48. The van der Waals surface area contributed by atoms with Crippen molar-refractivity contribution in [2.45, 2.75) is 31.3 Å². The molecule has 0 amide bonds. The summed E-state index contributed by atoms with van der Waals surface area (Å²) in [6.45, 7) is 0. The van der Waals surface area contributed by atoms with E-state index in [2.05, 4.69) is 0 Å². The van der Waals surface area contributed by atoms with Gasteiger partial charge in [-0.25, -0.2) is 5.01 Å². The molecule has 0 saturated heterocycles. The largest absolute Gasteiger partial charge is 0.376 e. The number of para-hydroxylation sites is 2. The van der Waals surface area contributed by atoms with E-state index in [0.717, 1.165) is 36.3 Å². The Hall–Kier alpha value is -4.02. The Balaban J connectivity index is 1.65. The minimum Gasteiger partial charge on any atom is -0.376 e. The molecule has 1 saturated carbocycles. The van der Waals surface area contributed by atoms with E-state index in [1.54, 1.807) is 12.1 Å². The normalized spacial score (nSPS) is 18.4. The maximum Gasteiger partial charge on any atom is 0.199 e. The van der Waals surface area contributed by atoms with Crippen LogP contribution in [0.4, 0.5) is 11.4 Å². The molecule has 1 fully saturated rings. The van der Waals surface area contributed by atoms with E-state index in [1.165, 1.54) is 0 Å².